The second kappa shape index (κ2) is 7.28. The zero-order valence-electron chi connectivity index (χ0n) is 13.2. The molecule has 2 amide bonds. The lowest BCUT2D eigenvalue weighted by molar-refractivity contribution is -0.117. The fraction of sp³-hybridized carbons (Fsp3) is 0.222. The number of para-hydroxylation sites is 1. The summed E-state index contributed by atoms with van der Waals surface area (Å²) >= 11 is 7.60. The van der Waals surface area contributed by atoms with Crippen molar-refractivity contribution in [3.05, 3.63) is 53.1 Å². The van der Waals surface area contributed by atoms with Gasteiger partial charge < -0.3 is 10.2 Å². The van der Waals surface area contributed by atoms with Crippen LogP contribution in [0.3, 0.4) is 0 Å². The number of nitrogens with one attached hydrogen (secondary N) is 1. The minimum absolute atomic E-state index is 0.0328. The fourth-order valence-corrected chi connectivity index (χ4v) is 3.68. The molecule has 0 radical (unpaired) electrons. The van der Waals surface area contributed by atoms with Gasteiger partial charge in [-0.05, 0) is 36.8 Å². The Bertz CT molecular complexity index is 794. The van der Waals surface area contributed by atoms with Gasteiger partial charge in [0.05, 0.1) is 11.4 Å². The van der Waals surface area contributed by atoms with Crippen LogP contribution < -0.4 is 10.2 Å². The Morgan fingerprint density at radius 1 is 1.25 bits per heavy atom. The molecule has 0 saturated carbocycles. The highest BCUT2D eigenvalue weighted by molar-refractivity contribution is 8.00. The number of carbonyl (C=O) groups is 2. The van der Waals surface area contributed by atoms with Gasteiger partial charge in [-0.25, -0.2) is 0 Å². The number of halogens is 1. The van der Waals surface area contributed by atoms with Gasteiger partial charge >= 0.3 is 0 Å². The number of rotatable bonds is 4. The number of anilines is 2. The molecular formula is C18H17ClN2O2S. The first-order chi connectivity index (χ1) is 11.6. The van der Waals surface area contributed by atoms with Gasteiger partial charge in [0.1, 0.15) is 0 Å². The number of nitrogens with zero attached hydrogens (tertiary/aromatic N) is 1. The molecule has 0 unspecified atom stereocenters. The summed E-state index contributed by atoms with van der Waals surface area (Å²) in [6, 6.07) is 13.2. The van der Waals surface area contributed by atoms with Crippen molar-refractivity contribution in [2.75, 3.05) is 22.5 Å². The number of thioether (sulfide) groups is 1. The average molecular weight is 361 g/mol. The molecule has 2 aromatic carbocycles. The van der Waals surface area contributed by atoms with Crippen molar-refractivity contribution in [1.29, 1.82) is 0 Å². The topological polar surface area (TPSA) is 49.4 Å². The molecule has 24 heavy (non-hydrogen) atoms. The Kier molecular flexibility index (Phi) is 5.11. The van der Waals surface area contributed by atoms with Gasteiger partial charge in [0.15, 0.2) is 0 Å². The van der Waals surface area contributed by atoms with E-state index in [9.17, 15) is 9.59 Å². The maximum Gasteiger partial charge on any atom is 0.237 e. The number of hydrogen-bond acceptors (Lipinski definition) is 3. The van der Waals surface area contributed by atoms with Crippen LogP contribution in [-0.2, 0) is 9.59 Å². The minimum Gasteiger partial charge on any atom is -0.326 e. The smallest absolute Gasteiger partial charge is 0.237 e. The summed E-state index contributed by atoms with van der Waals surface area (Å²) in [6.45, 7) is 2.22. The molecule has 0 spiro atoms. The first kappa shape index (κ1) is 16.9. The van der Waals surface area contributed by atoms with Crippen molar-refractivity contribution in [3.63, 3.8) is 0 Å². The van der Waals surface area contributed by atoms with Gasteiger partial charge in [-0.3, -0.25) is 9.59 Å². The van der Waals surface area contributed by atoms with Crippen LogP contribution in [-0.4, -0.2) is 24.1 Å². The molecular weight excluding hydrogens is 344 g/mol. The summed E-state index contributed by atoms with van der Waals surface area (Å²) in [7, 11) is 0. The van der Waals surface area contributed by atoms with Gasteiger partial charge in [0.2, 0.25) is 11.8 Å². The minimum atomic E-state index is -0.135. The maximum atomic E-state index is 12.2. The summed E-state index contributed by atoms with van der Waals surface area (Å²) in [5.74, 6) is 0.306. The van der Waals surface area contributed by atoms with Crippen LogP contribution in [0, 0.1) is 6.92 Å². The Balaban J connectivity index is 1.66. The number of amides is 2. The second-order valence-corrected chi connectivity index (χ2v) is 6.94. The van der Waals surface area contributed by atoms with E-state index in [0.717, 1.165) is 16.1 Å². The monoisotopic (exact) mass is 360 g/mol. The van der Waals surface area contributed by atoms with Gasteiger partial charge in [0, 0.05) is 28.6 Å². The van der Waals surface area contributed by atoms with E-state index >= 15 is 0 Å². The molecule has 0 aliphatic carbocycles. The third-order valence-corrected chi connectivity index (χ3v) is 5.37. The zero-order chi connectivity index (χ0) is 17.1. The standard InChI is InChI=1S/C18H17ClN2O2S/c1-12-13(19)5-4-6-14(12)20-17(22)9-10-21-15-7-2-3-8-16(15)24-11-18(21)23/h2-8H,9-11H2,1H3,(H,20,22). The summed E-state index contributed by atoms with van der Waals surface area (Å²) in [5.41, 5.74) is 2.42. The fourth-order valence-electron chi connectivity index (χ4n) is 2.57. The third kappa shape index (κ3) is 3.57. The van der Waals surface area contributed by atoms with E-state index in [0.29, 0.717) is 23.0 Å². The van der Waals surface area contributed by atoms with Crippen molar-refractivity contribution >= 4 is 46.6 Å². The summed E-state index contributed by atoms with van der Waals surface area (Å²) in [4.78, 5) is 27.2. The predicted octanol–water partition coefficient (Wildman–Crippen LogP) is 4.12. The van der Waals surface area contributed by atoms with Crippen LogP contribution in [0.5, 0.6) is 0 Å². The lowest BCUT2D eigenvalue weighted by Gasteiger charge is -2.28. The molecule has 1 N–H and O–H groups in total. The van der Waals surface area contributed by atoms with Crippen molar-refractivity contribution in [1.82, 2.24) is 0 Å². The number of hydrogen-bond donors (Lipinski definition) is 1. The van der Waals surface area contributed by atoms with Crippen molar-refractivity contribution in [3.8, 4) is 0 Å². The number of carbonyl (C=O) groups excluding carboxylic acids is 2. The first-order valence-corrected chi connectivity index (χ1v) is 9.00. The molecule has 0 saturated heterocycles. The lowest BCUT2D eigenvalue weighted by Crippen LogP contribution is -2.37. The SMILES string of the molecule is Cc1c(Cl)cccc1NC(=O)CCN1C(=O)CSc2ccccc21. The summed E-state index contributed by atoms with van der Waals surface area (Å²) < 4.78 is 0. The van der Waals surface area contributed by atoms with Crippen molar-refractivity contribution in [2.24, 2.45) is 0 Å². The van der Waals surface area contributed by atoms with E-state index in [1.165, 1.54) is 11.8 Å². The highest BCUT2D eigenvalue weighted by atomic mass is 35.5. The zero-order valence-corrected chi connectivity index (χ0v) is 14.8. The molecule has 0 atom stereocenters. The average Bonchev–Trinajstić information content (AvgIpc) is 2.58. The highest BCUT2D eigenvalue weighted by Crippen LogP contribution is 2.34. The van der Waals surface area contributed by atoms with E-state index in [1.807, 2.05) is 37.3 Å². The van der Waals surface area contributed by atoms with Crippen LogP contribution in [0.25, 0.3) is 0 Å². The van der Waals surface area contributed by atoms with Crippen LogP contribution in [0.15, 0.2) is 47.4 Å². The maximum absolute atomic E-state index is 12.2. The number of benzene rings is 2. The molecule has 2 aromatic rings. The number of fused-ring (bicyclic) bond motifs is 1. The van der Waals surface area contributed by atoms with E-state index in [4.69, 9.17) is 11.6 Å². The van der Waals surface area contributed by atoms with Gasteiger partial charge in [-0.2, -0.15) is 0 Å². The lowest BCUT2D eigenvalue weighted by atomic mass is 10.2. The van der Waals surface area contributed by atoms with E-state index in [-0.39, 0.29) is 18.2 Å². The van der Waals surface area contributed by atoms with Crippen molar-refractivity contribution < 1.29 is 9.59 Å². The molecule has 1 heterocycles. The molecule has 0 bridgehead atoms. The van der Waals surface area contributed by atoms with Crippen LogP contribution >= 0.6 is 23.4 Å². The summed E-state index contributed by atoms with van der Waals surface area (Å²) in [5, 5.41) is 3.48. The van der Waals surface area contributed by atoms with E-state index in [2.05, 4.69) is 5.32 Å². The van der Waals surface area contributed by atoms with Gasteiger partial charge in [-0.1, -0.05) is 29.8 Å². The van der Waals surface area contributed by atoms with E-state index in [1.54, 1.807) is 17.0 Å². The Morgan fingerprint density at radius 3 is 2.88 bits per heavy atom. The Labute approximate surface area is 150 Å². The highest BCUT2D eigenvalue weighted by Gasteiger charge is 2.24. The quantitative estimate of drug-likeness (QED) is 0.892. The summed E-state index contributed by atoms with van der Waals surface area (Å²) in [6.07, 6.45) is 0.233. The van der Waals surface area contributed by atoms with Gasteiger partial charge in [0.25, 0.3) is 0 Å². The molecule has 4 nitrogen and oxygen atoms in total. The molecule has 1 aliphatic rings. The Hall–Kier alpha value is -1.98. The Morgan fingerprint density at radius 2 is 2.04 bits per heavy atom. The molecule has 1 aliphatic heterocycles. The van der Waals surface area contributed by atoms with Crippen molar-refractivity contribution in [2.45, 2.75) is 18.2 Å². The van der Waals surface area contributed by atoms with Crippen LogP contribution in [0.2, 0.25) is 5.02 Å². The second-order valence-electron chi connectivity index (χ2n) is 5.51. The van der Waals surface area contributed by atoms with Crippen LogP contribution in [0.1, 0.15) is 12.0 Å². The molecule has 0 fully saturated rings. The molecule has 0 aromatic heterocycles. The molecule has 124 valence electrons. The predicted molar refractivity (Wildman–Crippen MR) is 99.0 cm³/mol. The van der Waals surface area contributed by atoms with Crippen LogP contribution in [0.4, 0.5) is 11.4 Å². The molecule has 3 rings (SSSR count). The normalized spacial score (nSPS) is 13.6. The first-order valence-electron chi connectivity index (χ1n) is 7.63. The molecule has 6 heteroatoms. The van der Waals surface area contributed by atoms with E-state index < -0.39 is 0 Å². The third-order valence-electron chi connectivity index (χ3n) is 3.91. The largest absolute Gasteiger partial charge is 0.326 e. The van der Waals surface area contributed by atoms with Gasteiger partial charge in [-0.15, -0.1) is 11.8 Å².